The quantitative estimate of drug-likeness (QED) is 0.866. The predicted octanol–water partition coefficient (Wildman–Crippen LogP) is 3.59. The number of hydrazine groups is 1. The zero-order valence-corrected chi connectivity index (χ0v) is 11.5. The van der Waals surface area contributed by atoms with E-state index >= 15 is 0 Å². The summed E-state index contributed by atoms with van der Waals surface area (Å²) in [6, 6.07) is 16.2. The molecule has 20 heavy (non-hydrogen) atoms. The lowest BCUT2D eigenvalue weighted by Crippen LogP contribution is -2.40. The second-order valence-corrected chi connectivity index (χ2v) is 5.36. The first kappa shape index (κ1) is 11.8. The standard InChI is InChI=1S/C16H13ClN2O/c17-12-6-7-16-13(8-12)15-9-14(18-19(15)10-20-16)11-4-2-1-3-5-11/h1-9,15,18H,10H2. The average Bonchev–Trinajstić information content (AvgIpc) is 2.93. The maximum atomic E-state index is 6.11. The highest BCUT2D eigenvalue weighted by molar-refractivity contribution is 6.30. The van der Waals surface area contributed by atoms with Crippen LogP contribution in [-0.4, -0.2) is 11.7 Å². The molecule has 0 saturated carbocycles. The second kappa shape index (κ2) is 4.54. The van der Waals surface area contributed by atoms with Crippen molar-refractivity contribution >= 4 is 17.3 Å². The molecule has 4 heteroatoms. The highest BCUT2D eigenvalue weighted by atomic mass is 35.5. The highest BCUT2D eigenvalue weighted by Gasteiger charge is 2.32. The van der Waals surface area contributed by atoms with Crippen molar-refractivity contribution in [3.63, 3.8) is 0 Å². The Morgan fingerprint density at radius 2 is 2.00 bits per heavy atom. The van der Waals surface area contributed by atoms with Crippen molar-refractivity contribution in [3.05, 3.63) is 70.8 Å². The van der Waals surface area contributed by atoms with Gasteiger partial charge in [-0.1, -0.05) is 41.9 Å². The molecule has 100 valence electrons. The lowest BCUT2D eigenvalue weighted by Gasteiger charge is -2.31. The van der Waals surface area contributed by atoms with Crippen molar-refractivity contribution in [2.75, 3.05) is 6.73 Å². The highest BCUT2D eigenvalue weighted by Crippen LogP contribution is 2.40. The fourth-order valence-electron chi connectivity index (χ4n) is 2.68. The van der Waals surface area contributed by atoms with E-state index in [2.05, 4.69) is 28.6 Å². The molecule has 0 aromatic heterocycles. The van der Waals surface area contributed by atoms with Crippen LogP contribution < -0.4 is 10.2 Å². The zero-order valence-electron chi connectivity index (χ0n) is 10.7. The van der Waals surface area contributed by atoms with E-state index in [-0.39, 0.29) is 6.04 Å². The van der Waals surface area contributed by atoms with Gasteiger partial charge in [0.2, 0.25) is 0 Å². The van der Waals surface area contributed by atoms with Crippen LogP contribution in [0.5, 0.6) is 5.75 Å². The molecule has 1 N–H and O–H groups in total. The summed E-state index contributed by atoms with van der Waals surface area (Å²) >= 11 is 6.11. The van der Waals surface area contributed by atoms with Crippen LogP contribution in [-0.2, 0) is 0 Å². The number of ether oxygens (including phenoxy) is 1. The van der Waals surface area contributed by atoms with Crippen molar-refractivity contribution in [1.29, 1.82) is 0 Å². The third-order valence-electron chi connectivity index (χ3n) is 3.66. The summed E-state index contributed by atoms with van der Waals surface area (Å²) in [6.07, 6.45) is 2.22. The Morgan fingerprint density at radius 1 is 1.15 bits per heavy atom. The largest absolute Gasteiger partial charge is 0.476 e. The van der Waals surface area contributed by atoms with Crippen LogP contribution in [0.4, 0.5) is 0 Å². The Labute approximate surface area is 122 Å². The van der Waals surface area contributed by atoms with Gasteiger partial charge in [-0.05, 0) is 29.8 Å². The minimum atomic E-state index is 0.160. The van der Waals surface area contributed by atoms with Crippen LogP contribution in [0.15, 0.2) is 54.6 Å². The first-order valence-electron chi connectivity index (χ1n) is 6.54. The van der Waals surface area contributed by atoms with E-state index in [1.807, 2.05) is 36.4 Å². The number of hydrogen-bond acceptors (Lipinski definition) is 3. The van der Waals surface area contributed by atoms with Crippen molar-refractivity contribution in [3.8, 4) is 5.75 Å². The van der Waals surface area contributed by atoms with Crippen LogP contribution in [0, 0.1) is 0 Å². The summed E-state index contributed by atoms with van der Waals surface area (Å²) < 4.78 is 5.75. The fourth-order valence-corrected chi connectivity index (χ4v) is 2.86. The number of fused-ring (bicyclic) bond motifs is 3. The second-order valence-electron chi connectivity index (χ2n) is 4.93. The SMILES string of the molecule is Clc1ccc2c(c1)C1C=C(c3ccccc3)NN1CO2. The molecular formula is C16H13ClN2O. The molecule has 3 nitrogen and oxygen atoms in total. The Kier molecular flexibility index (Phi) is 2.69. The first-order chi connectivity index (χ1) is 9.81. The molecule has 2 aromatic rings. The maximum absolute atomic E-state index is 6.11. The van der Waals surface area contributed by atoms with Crippen molar-refractivity contribution in [1.82, 2.24) is 10.4 Å². The van der Waals surface area contributed by atoms with Crippen LogP contribution in [0.1, 0.15) is 17.2 Å². The van der Waals surface area contributed by atoms with Gasteiger partial charge in [0.05, 0.1) is 11.7 Å². The molecule has 0 bridgehead atoms. The summed E-state index contributed by atoms with van der Waals surface area (Å²) in [5, 5.41) is 2.80. The zero-order chi connectivity index (χ0) is 13.5. The molecule has 2 heterocycles. The van der Waals surface area contributed by atoms with Gasteiger partial charge in [-0.15, -0.1) is 0 Å². The Hall–Kier alpha value is -1.97. The molecule has 1 atom stereocenters. The third kappa shape index (κ3) is 1.87. The molecule has 4 rings (SSSR count). The molecule has 2 aliphatic heterocycles. The molecule has 1 unspecified atom stereocenters. The first-order valence-corrected chi connectivity index (χ1v) is 6.92. The topological polar surface area (TPSA) is 24.5 Å². The van der Waals surface area contributed by atoms with E-state index in [0.717, 1.165) is 22.0 Å². The van der Waals surface area contributed by atoms with Gasteiger partial charge >= 0.3 is 0 Å². The van der Waals surface area contributed by atoms with Gasteiger partial charge in [0.15, 0.2) is 6.73 Å². The Bertz CT molecular complexity index is 684. The smallest absolute Gasteiger partial charge is 0.159 e. The lowest BCUT2D eigenvalue weighted by atomic mass is 10.0. The maximum Gasteiger partial charge on any atom is 0.159 e. The number of rotatable bonds is 1. The lowest BCUT2D eigenvalue weighted by molar-refractivity contribution is 0.0595. The number of hydrogen-bond donors (Lipinski definition) is 1. The summed E-state index contributed by atoms with van der Waals surface area (Å²) in [7, 11) is 0. The van der Waals surface area contributed by atoms with Gasteiger partial charge in [0.25, 0.3) is 0 Å². The number of nitrogens with zero attached hydrogens (tertiary/aromatic N) is 1. The van der Waals surface area contributed by atoms with Crippen LogP contribution in [0.25, 0.3) is 5.70 Å². The summed E-state index contributed by atoms with van der Waals surface area (Å²) in [5.41, 5.74) is 6.77. The molecule has 2 aromatic carbocycles. The fraction of sp³-hybridized carbons (Fsp3) is 0.125. The summed E-state index contributed by atoms with van der Waals surface area (Å²) in [5.74, 6) is 0.906. The Morgan fingerprint density at radius 3 is 2.85 bits per heavy atom. The van der Waals surface area contributed by atoms with E-state index in [9.17, 15) is 0 Å². The normalized spacial score (nSPS) is 20.4. The van der Waals surface area contributed by atoms with Crippen molar-refractivity contribution in [2.24, 2.45) is 0 Å². The molecule has 2 aliphatic rings. The van der Waals surface area contributed by atoms with Gasteiger partial charge in [-0.3, -0.25) is 0 Å². The van der Waals surface area contributed by atoms with E-state index in [1.54, 1.807) is 0 Å². The van der Waals surface area contributed by atoms with Crippen LogP contribution in [0.2, 0.25) is 5.02 Å². The molecule has 0 fully saturated rings. The molecule has 0 aliphatic carbocycles. The molecule has 0 amide bonds. The summed E-state index contributed by atoms with van der Waals surface area (Å²) in [4.78, 5) is 0. The monoisotopic (exact) mass is 284 g/mol. The Balaban J connectivity index is 1.75. The van der Waals surface area contributed by atoms with Gasteiger partial charge in [-0.25, -0.2) is 0 Å². The number of halogens is 1. The van der Waals surface area contributed by atoms with Crippen molar-refractivity contribution < 1.29 is 4.74 Å². The third-order valence-corrected chi connectivity index (χ3v) is 3.89. The van der Waals surface area contributed by atoms with E-state index in [1.165, 1.54) is 5.56 Å². The van der Waals surface area contributed by atoms with Gasteiger partial charge < -0.3 is 10.2 Å². The van der Waals surface area contributed by atoms with Gasteiger partial charge in [0, 0.05) is 10.6 Å². The van der Waals surface area contributed by atoms with Crippen LogP contribution in [0.3, 0.4) is 0 Å². The molecule has 0 saturated heterocycles. The minimum Gasteiger partial charge on any atom is -0.476 e. The van der Waals surface area contributed by atoms with E-state index in [4.69, 9.17) is 16.3 Å². The van der Waals surface area contributed by atoms with Gasteiger partial charge in [0.1, 0.15) is 5.75 Å². The van der Waals surface area contributed by atoms with E-state index < -0.39 is 0 Å². The number of nitrogens with one attached hydrogen (secondary N) is 1. The predicted molar refractivity (Wildman–Crippen MR) is 79.1 cm³/mol. The van der Waals surface area contributed by atoms with Gasteiger partial charge in [-0.2, -0.15) is 5.01 Å². The summed E-state index contributed by atoms with van der Waals surface area (Å²) in [6.45, 7) is 0.520. The molecular weight excluding hydrogens is 272 g/mol. The molecule has 0 spiro atoms. The minimum absolute atomic E-state index is 0.160. The number of benzene rings is 2. The molecule has 0 radical (unpaired) electrons. The average molecular weight is 285 g/mol. The van der Waals surface area contributed by atoms with Crippen LogP contribution >= 0.6 is 11.6 Å². The van der Waals surface area contributed by atoms with Crippen molar-refractivity contribution in [2.45, 2.75) is 6.04 Å². The van der Waals surface area contributed by atoms with E-state index in [0.29, 0.717) is 6.73 Å².